The number of fused-ring (bicyclic) bond motifs is 3. The maximum absolute atomic E-state index is 13.4. The number of alkyl halides is 2. The Morgan fingerprint density at radius 2 is 2.07 bits per heavy atom. The first-order chi connectivity index (χ1) is 13.3. The molecule has 8 heteroatoms. The smallest absolute Gasteiger partial charge is 0.248 e. The predicted molar refractivity (Wildman–Crippen MR) is 98.7 cm³/mol. The standard InChI is InChI=1S/C20H25F2N5O/c21-20(22)5-1-13(2-6-20)17(23)15-11-27-16(26-15)7-12(10-24-27)8-19-4-3-14(9-19)25-18(19)28/h7,10-11,13-14,17H,1-6,8-9,23H2,(H,25,28)/t14?,17-,19?/m0/s1. The molecule has 2 aromatic heterocycles. The van der Waals surface area contributed by atoms with Crippen molar-refractivity contribution in [3.63, 3.8) is 0 Å². The van der Waals surface area contributed by atoms with Crippen molar-refractivity contribution in [2.24, 2.45) is 17.1 Å². The highest BCUT2D eigenvalue weighted by atomic mass is 19.3. The molecule has 3 fully saturated rings. The highest BCUT2D eigenvalue weighted by Crippen LogP contribution is 2.46. The van der Waals surface area contributed by atoms with Crippen LogP contribution in [0.5, 0.6) is 0 Å². The molecule has 150 valence electrons. The third-order valence-electron chi connectivity index (χ3n) is 6.97. The van der Waals surface area contributed by atoms with Gasteiger partial charge in [-0.05, 0) is 56.1 Å². The SMILES string of the molecule is N[C@H](c1cn2ncc(CC34CCC(C3)NC4=O)cc2n1)C1CCC(F)(F)CC1. The lowest BCUT2D eigenvalue weighted by Crippen LogP contribution is -2.37. The second kappa shape index (κ2) is 6.20. The minimum Gasteiger partial charge on any atom is -0.353 e. The van der Waals surface area contributed by atoms with Gasteiger partial charge in [-0.3, -0.25) is 4.79 Å². The van der Waals surface area contributed by atoms with Crippen molar-refractivity contribution in [1.29, 1.82) is 0 Å². The molecule has 3 aliphatic rings. The first-order valence-electron chi connectivity index (χ1n) is 10.1. The van der Waals surface area contributed by atoms with Crippen LogP contribution >= 0.6 is 0 Å². The van der Waals surface area contributed by atoms with E-state index in [-0.39, 0.29) is 36.1 Å². The Kier molecular flexibility index (Phi) is 3.98. The number of nitrogens with zero attached hydrogens (tertiary/aromatic N) is 3. The van der Waals surface area contributed by atoms with Gasteiger partial charge in [-0.2, -0.15) is 5.10 Å². The molecule has 2 bridgehead atoms. The van der Waals surface area contributed by atoms with Gasteiger partial charge in [0.05, 0.1) is 29.5 Å². The second-order valence-electron chi connectivity index (χ2n) is 8.92. The topological polar surface area (TPSA) is 85.3 Å². The van der Waals surface area contributed by atoms with E-state index in [4.69, 9.17) is 5.73 Å². The lowest BCUT2D eigenvalue weighted by molar-refractivity contribution is -0.128. The summed E-state index contributed by atoms with van der Waals surface area (Å²) in [7, 11) is 0. The lowest BCUT2D eigenvalue weighted by Gasteiger charge is -2.31. The Bertz CT molecular complexity index is 918. The molecular formula is C20H25F2N5O. The highest BCUT2D eigenvalue weighted by Gasteiger charge is 2.51. The molecule has 2 aromatic rings. The molecule has 0 aromatic carbocycles. The Hall–Kier alpha value is -2.09. The van der Waals surface area contributed by atoms with Gasteiger partial charge in [0.25, 0.3) is 0 Å². The molecular weight excluding hydrogens is 364 g/mol. The van der Waals surface area contributed by atoms with E-state index >= 15 is 0 Å². The Balaban J connectivity index is 1.35. The number of piperidine rings is 1. The van der Waals surface area contributed by atoms with Gasteiger partial charge in [0, 0.05) is 18.9 Å². The molecule has 0 radical (unpaired) electrons. The van der Waals surface area contributed by atoms with Crippen molar-refractivity contribution < 1.29 is 13.6 Å². The predicted octanol–water partition coefficient (Wildman–Crippen LogP) is 2.77. The van der Waals surface area contributed by atoms with Crippen LogP contribution in [0.4, 0.5) is 8.78 Å². The zero-order chi connectivity index (χ0) is 19.5. The molecule has 1 aliphatic heterocycles. The average Bonchev–Trinajstić information content (AvgIpc) is 3.33. The van der Waals surface area contributed by atoms with E-state index in [9.17, 15) is 13.6 Å². The monoisotopic (exact) mass is 389 g/mol. The number of hydrogen-bond acceptors (Lipinski definition) is 4. The largest absolute Gasteiger partial charge is 0.353 e. The van der Waals surface area contributed by atoms with Crippen LogP contribution in [0, 0.1) is 11.3 Å². The summed E-state index contributed by atoms with van der Waals surface area (Å²) in [5.41, 5.74) is 8.43. The fourth-order valence-electron chi connectivity index (χ4n) is 5.28. The van der Waals surface area contributed by atoms with Gasteiger partial charge in [-0.1, -0.05) is 0 Å². The van der Waals surface area contributed by atoms with E-state index in [2.05, 4.69) is 15.4 Å². The number of nitrogens with two attached hydrogens (primary N) is 1. The molecule has 2 unspecified atom stereocenters. The minimum atomic E-state index is -2.56. The average molecular weight is 389 g/mol. The van der Waals surface area contributed by atoms with Crippen LogP contribution in [0.25, 0.3) is 5.65 Å². The lowest BCUT2D eigenvalue weighted by atomic mass is 9.81. The Morgan fingerprint density at radius 1 is 1.29 bits per heavy atom. The van der Waals surface area contributed by atoms with E-state index in [1.165, 1.54) is 0 Å². The van der Waals surface area contributed by atoms with Crippen molar-refractivity contribution in [2.75, 3.05) is 0 Å². The number of hydrogen-bond donors (Lipinski definition) is 2. The van der Waals surface area contributed by atoms with E-state index in [0.717, 1.165) is 24.8 Å². The van der Waals surface area contributed by atoms with Gasteiger partial charge in [-0.25, -0.2) is 18.3 Å². The maximum Gasteiger partial charge on any atom is 0.248 e. The zero-order valence-corrected chi connectivity index (χ0v) is 15.7. The number of halogens is 2. The summed E-state index contributed by atoms with van der Waals surface area (Å²) in [4.78, 5) is 16.9. The molecule has 5 rings (SSSR count). The molecule has 28 heavy (non-hydrogen) atoms. The van der Waals surface area contributed by atoms with Crippen LogP contribution in [-0.4, -0.2) is 32.5 Å². The van der Waals surface area contributed by atoms with Crippen molar-refractivity contribution in [1.82, 2.24) is 19.9 Å². The van der Waals surface area contributed by atoms with Gasteiger partial charge in [-0.15, -0.1) is 0 Å². The van der Waals surface area contributed by atoms with E-state index in [1.54, 1.807) is 16.9 Å². The minimum absolute atomic E-state index is 0.0144. The van der Waals surface area contributed by atoms with Crippen LogP contribution in [0.3, 0.4) is 0 Å². The number of imidazole rings is 1. The van der Waals surface area contributed by atoms with Crippen molar-refractivity contribution in [2.45, 2.75) is 69.4 Å². The number of carbonyl (C=O) groups excluding carboxylic acids is 1. The third-order valence-corrected chi connectivity index (χ3v) is 6.97. The van der Waals surface area contributed by atoms with Gasteiger partial charge < -0.3 is 11.1 Å². The number of carbonyl (C=O) groups is 1. The molecule has 1 saturated heterocycles. The normalized spacial score (nSPS) is 30.7. The molecule has 3 heterocycles. The molecule has 1 amide bonds. The van der Waals surface area contributed by atoms with Gasteiger partial charge in [0.15, 0.2) is 5.65 Å². The van der Waals surface area contributed by atoms with E-state index < -0.39 is 5.92 Å². The molecule has 3 atom stereocenters. The summed E-state index contributed by atoms with van der Waals surface area (Å²) in [5.74, 6) is -2.39. The molecule has 0 spiro atoms. The fourth-order valence-corrected chi connectivity index (χ4v) is 5.28. The van der Waals surface area contributed by atoms with Gasteiger partial charge in [0.1, 0.15) is 0 Å². The first kappa shape index (κ1) is 18.0. The van der Waals surface area contributed by atoms with E-state index in [0.29, 0.717) is 36.6 Å². The van der Waals surface area contributed by atoms with E-state index in [1.807, 2.05) is 6.07 Å². The van der Waals surface area contributed by atoms with Crippen molar-refractivity contribution >= 4 is 11.6 Å². The molecule has 2 saturated carbocycles. The zero-order valence-electron chi connectivity index (χ0n) is 15.7. The summed E-state index contributed by atoms with van der Waals surface area (Å²) in [6.07, 6.45) is 7.74. The third kappa shape index (κ3) is 2.98. The second-order valence-corrected chi connectivity index (χ2v) is 8.92. The van der Waals surface area contributed by atoms with Crippen molar-refractivity contribution in [3.8, 4) is 0 Å². The summed E-state index contributed by atoms with van der Waals surface area (Å²) in [6.45, 7) is 0. The Labute approximate surface area is 161 Å². The molecule has 3 N–H and O–H groups in total. The highest BCUT2D eigenvalue weighted by molar-refractivity contribution is 5.86. The number of rotatable bonds is 4. The fraction of sp³-hybridized carbons (Fsp3) is 0.650. The van der Waals surface area contributed by atoms with Crippen LogP contribution in [-0.2, 0) is 11.2 Å². The van der Waals surface area contributed by atoms with Gasteiger partial charge in [0.2, 0.25) is 11.8 Å². The molecule has 2 aliphatic carbocycles. The summed E-state index contributed by atoms with van der Waals surface area (Å²) in [6, 6.07) is 1.92. The summed E-state index contributed by atoms with van der Waals surface area (Å²) >= 11 is 0. The quantitative estimate of drug-likeness (QED) is 0.842. The summed E-state index contributed by atoms with van der Waals surface area (Å²) in [5, 5.41) is 7.51. The van der Waals surface area contributed by atoms with Crippen LogP contribution in [0.15, 0.2) is 18.5 Å². The van der Waals surface area contributed by atoms with Crippen LogP contribution in [0.2, 0.25) is 0 Å². The molecule has 6 nitrogen and oxygen atoms in total. The first-order valence-corrected chi connectivity index (χ1v) is 10.1. The van der Waals surface area contributed by atoms with Crippen LogP contribution in [0.1, 0.15) is 62.2 Å². The number of amides is 1. The van der Waals surface area contributed by atoms with Gasteiger partial charge >= 0.3 is 0 Å². The summed E-state index contributed by atoms with van der Waals surface area (Å²) < 4.78 is 28.5. The maximum atomic E-state index is 13.4. The number of aromatic nitrogens is 3. The Morgan fingerprint density at radius 3 is 2.75 bits per heavy atom. The van der Waals surface area contributed by atoms with Crippen LogP contribution < -0.4 is 11.1 Å². The van der Waals surface area contributed by atoms with Crippen molar-refractivity contribution in [3.05, 3.63) is 29.7 Å². The number of nitrogens with one attached hydrogen (secondary N) is 1.